The van der Waals surface area contributed by atoms with E-state index in [4.69, 9.17) is 21.6 Å². The van der Waals surface area contributed by atoms with Crippen LogP contribution in [0.3, 0.4) is 0 Å². The third-order valence-corrected chi connectivity index (χ3v) is 3.29. The summed E-state index contributed by atoms with van der Waals surface area (Å²) in [6.07, 6.45) is -0.843. The maximum atomic E-state index is 13.6. The van der Waals surface area contributed by atoms with Gasteiger partial charge in [-0.25, -0.2) is 4.39 Å². The molecule has 1 aromatic carbocycles. The highest BCUT2D eigenvalue weighted by atomic mass is 35.5. The van der Waals surface area contributed by atoms with Crippen LogP contribution in [0, 0.1) is 22.6 Å². The summed E-state index contributed by atoms with van der Waals surface area (Å²) >= 11 is 5.76. The standard InChI is InChI=1S/C12H11ClFNO2/c13-8-1-2-10(14)9(5-8)11(16)12(6-15)3-4-17-7-12/h1-2,5,11,16H,3-4,7H2. The van der Waals surface area contributed by atoms with E-state index in [0.29, 0.717) is 18.1 Å². The molecule has 2 rings (SSSR count). The van der Waals surface area contributed by atoms with Crippen LogP contribution in [0.4, 0.5) is 4.39 Å². The average Bonchev–Trinajstić information content (AvgIpc) is 2.81. The van der Waals surface area contributed by atoms with Crippen LogP contribution in [0.1, 0.15) is 18.1 Å². The van der Waals surface area contributed by atoms with Crippen molar-refractivity contribution < 1.29 is 14.2 Å². The second kappa shape index (κ2) is 4.61. The molecule has 1 saturated heterocycles. The third kappa shape index (κ3) is 2.14. The van der Waals surface area contributed by atoms with Crippen molar-refractivity contribution in [3.63, 3.8) is 0 Å². The molecular weight excluding hydrogens is 245 g/mol. The Balaban J connectivity index is 2.39. The largest absolute Gasteiger partial charge is 0.387 e. The zero-order chi connectivity index (χ0) is 12.5. The van der Waals surface area contributed by atoms with Gasteiger partial charge in [0.05, 0.1) is 12.7 Å². The summed E-state index contributed by atoms with van der Waals surface area (Å²) in [7, 11) is 0. The van der Waals surface area contributed by atoms with Gasteiger partial charge in [0.2, 0.25) is 0 Å². The summed E-state index contributed by atoms with van der Waals surface area (Å²) in [6, 6.07) is 5.97. The molecule has 0 aliphatic carbocycles. The summed E-state index contributed by atoms with van der Waals surface area (Å²) in [6.45, 7) is 0.503. The van der Waals surface area contributed by atoms with Crippen molar-refractivity contribution in [2.45, 2.75) is 12.5 Å². The van der Waals surface area contributed by atoms with Crippen LogP contribution in [0.5, 0.6) is 0 Å². The van der Waals surface area contributed by atoms with E-state index in [1.807, 2.05) is 6.07 Å². The molecule has 0 saturated carbocycles. The molecule has 1 aliphatic rings. The normalized spacial score (nSPS) is 25.5. The highest BCUT2D eigenvalue weighted by Crippen LogP contribution is 2.41. The molecular formula is C12H11ClFNO2. The fraction of sp³-hybridized carbons (Fsp3) is 0.417. The van der Waals surface area contributed by atoms with E-state index in [2.05, 4.69) is 0 Å². The number of benzene rings is 1. The van der Waals surface area contributed by atoms with Gasteiger partial charge < -0.3 is 9.84 Å². The number of hydrogen-bond donors (Lipinski definition) is 1. The predicted molar refractivity (Wildman–Crippen MR) is 59.9 cm³/mol. The van der Waals surface area contributed by atoms with Gasteiger partial charge in [-0.2, -0.15) is 5.26 Å². The summed E-state index contributed by atoms with van der Waals surface area (Å²) in [4.78, 5) is 0. The fourth-order valence-electron chi connectivity index (χ4n) is 1.97. The van der Waals surface area contributed by atoms with Gasteiger partial charge in [0.1, 0.15) is 17.3 Å². The topological polar surface area (TPSA) is 53.2 Å². The molecule has 2 atom stereocenters. The van der Waals surface area contributed by atoms with Crippen LogP contribution in [0.15, 0.2) is 18.2 Å². The molecule has 2 unspecified atom stereocenters. The van der Waals surface area contributed by atoms with E-state index >= 15 is 0 Å². The number of halogens is 2. The van der Waals surface area contributed by atoms with Crippen molar-refractivity contribution in [3.05, 3.63) is 34.6 Å². The first-order valence-electron chi connectivity index (χ1n) is 5.21. The van der Waals surface area contributed by atoms with Crippen molar-refractivity contribution in [1.82, 2.24) is 0 Å². The Morgan fingerprint density at radius 1 is 1.59 bits per heavy atom. The zero-order valence-electron chi connectivity index (χ0n) is 8.99. The molecule has 90 valence electrons. The Labute approximate surface area is 103 Å². The molecule has 5 heteroatoms. The van der Waals surface area contributed by atoms with Gasteiger partial charge in [-0.05, 0) is 24.6 Å². The maximum Gasteiger partial charge on any atom is 0.129 e. The lowest BCUT2D eigenvalue weighted by atomic mass is 9.79. The van der Waals surface area contributed by atoms with Gasteiger partial charge in [0.15, 0.2) is 0 Å². The van der Waals surface area contributed by atoms with E-state index in [1.54, 1.807) is 0 Å². The minimum absolute atomic E-state index is 0.0459. The first-order valence-corrected chi connectivity index (χ1v) is 5.59. The van der Waals surface area contributed by atoms with Gasteiger partial charge >= 0.3 is 0 Å². The second-order valence-corrected chi connectivity index (χ2v) is 4.58. The van der Waals surface area contributed by atoms with Gasteiger partial charge in [-0.3, -0.25) is 0 Å². The summed E-state index contributed by atoms with van der Waals surface area (Å²) in [5.41, 5.74) is -1.03. The van der Waals surface area contributed by atoms with Gasteiger partial charge in [-0.15, -0.1) is 0 Å². The Hall–Kier alpha value is -1.15. The number of nitrogens with zero attached hydrogens (tertiary/aromatic N) is 1. The number of hydrogen-bond acceptors (Lipinski definition) is 3. The lowest BCUT2D eigenvalue weighted by Gasteiger charge is -2.26. The highest BCUT2D eigenvalue weighted by Gasteiger charge is 2.44. The van der Waals surface area contributed by atoms with Crippen molar-refractivity contribution >= 4 is 11.6 Å². The SMILES string of the molecule is N#CC1(C(O)c2cc(Cl)ccc2F)CCOC1. The van der Waals surface area contributed by atoms with E-state index in [9.17, 15) is 9.50 Å². The van der Waals surface area contributed by atoms with Gasteiger partial charge in [0, 0.05) is 17.2 Å². The number of ether oxygens (including phenoxy) is 1. The van der Waals surface area contributed by atoms with Crippen LogP contribution in [-0.4, -0.2) is 18.3 Å². The lowest BCUT2D eigenvalue weighted by molar-refractivity contribution is 0.0478. The molecule has 0 bridgehead atoms. The van der Waals surface area contributed by atoms with Crippen molar-refractivity contribution in [1.29, 1.82) is 5.26 Å². The van der Waals surface area contributed by atoms with Crippen LogP contribution in [-0.2, 0) is 4.74 Å². The highest BCUT2D eigenvalue weighted by molar-refractivity contribution is 6.30. The second-order valence-electron chi connectivity index (χ2n) is 4.14. The Morgan fingerprint density at radius 2 is 2.35 bits per heavy atom. The minimum Gasteiger partial charge on any atom is -0.387 e. The van der Waals surface area contributed by atoms with Crippen LogP contribution >= 0.6 is 11.6 Å². The zero-order valence-corrected chi connectivity index (χ0v) is 9.75. The molecule has 0 spiro atoms. The predicted octanol–water partition coefficient (Wildman–Crippen LogP) is 2.44. The maximum absolute atomic E-state index is 13.6. The number of aliphatic hydroxyl groups is 1. The third-order valence-electron chi connectivity index (χ3n) is 3.05. The van der Waals surface area contributed by atoms with Crippen LogP contribution in [0.2, 0.25) is 5.02 Å². The lowest BCUT2D eigenvalue weighted by Crippen LogP contribution is -2.28. The molecule has 17 heavy (non-hydrogen) atoms. The number of aliphatic hydroxyl groups excluding tert-OH is 1. The monoisotopic (exact) mass is 255 g/mol. The molecule has 1 N–H and O–H groups in total. The van der Waals surface area contributed by atoms with Crippen LogP contribution < -0.4 is 0 Å². The van der Waals surface area contributed by atoms with E-state index in [0.717, 1.165) is 0 Å². The molecule has 0 aromatic heterocycles. The molecule has 1 aromatic rings. The first-order chi connectivity index (χ1) is 8.09. The molecule has 0 amide bonds. The first kappa shape index (κ1) is 12.3. The van der Waals surface area contributed by atoms with E-state index < -0.39 is 17.3 Å². The van der Waals surface area contributed by atoms with E-state index in [-0.39, 0.29) is 12.2 Å². The summed E-state index contributed by atoms with van der Waals surface area (Å²) in [5, 5.41) is 19.7. The Kier molecular flexibility index (Phi) is 3.34. The van der Waals surface area contributed by atoms with Crippen LogP contribution in [0.25, 0.3) is 0 Å². The molecule has 3 nitrogen and oxygen atoms in total. The van der Waals surface area contributed by atoms with Gasteiger partial charge in [-0.1, -0.05) is 11.6 Å². The smallest absolute Gasteiger partial charge is 0.129 e. The Bertz CT molecular complexity index is 466. The number of nitriles is 1. The minimum atomic E-state index is -1.23. The van der Waals surface area contributed by atoms with Crippen molar-refractivity contribution in [3.8, 4) is 6.07 Å². The molecule has 1 aliphatic heterocycles. The quantitative estimate of drug-likeness (QED) is 0.883. The van der Waals surface area contributed by atoms with E-state index in [1.165, 1.54) is 18.2 Å². The molecule has 1 fully saturated rings. The Morgan fingerprint density at radius 3 is 2.94 bits per heavy atom. The van der Waals surface area contributed by atoms with Gasteiger partial charge in [0.25, 0.3) is 0 Å². The number of rotatable bonds is 2. The van der Waals surface area contributed by atoms with Crippen molar-refractivity contribution in [2.75, 3.05) is 13.2 Å². The molecule has 0 radical (unpaired) electrons. The summed E-state index contributed by atoms with van der Waals surface area (Å²) < 4.78 is 18.7. The molecule has 1 heterocycles. The summed E-state index contributed by atoms with van der Waals surface area (Å²) in [5.74, 6) is -0.566. The average molecular weight is 256 g/mol. The van der Waals surface area contributed by atoms with Crippen molar-refractivity contribution in [2.24, 2.45) is 5.41 Å². The fourth-order valence-corrected chi connectivity index (χ4v) is 2.15.